The fraction of sp³-hybridized carbons (Fsp3) is 0.125. The minimum atomic E-state index is -4.60. The van der Waals surface area contributed by atoms with Crippen LogP contribution in [0.2, 0.25) is 0 Å². The van der Waals surface area contributed by atoms with E-state index in [9.17, 15) is 27.9 Å². The number of halogens is 5. The lowest BCUT2D eigenvalue weighted by Gasteiger charge is -2.17. The van der Waals surface area contributed by atoms with Crippen molar-refractivity contribution in [2.24, 2.45) is 5.10 Å². The maximum absolute atomic E-state index is 13.6. The molecule has 0 radical (unpaired) electrons. The number of carbonyl (C=O) groups is 1. The molecule has 45 heavy (non-hydrogen) atoms. The summed E-state index contributed by atoms with van der Waals surface area (Å²) in [6.45, 7) is 2.10. The van der Waals surface area contributed by atoms with E-state index >= 15 is 0 Å². The van der Waals surface area contributed by atoms with E-state index in [2.05, 4.69) is 41.9 Å². The molecule has 0 unspecified atom stereocenters. The molecule has 0 saturated carbocycles. The largest absolute Gasteiger partial charge is 0.490 e. The highest BCUT2D eigenvalue weighted by atomic mass is 79.9. The Hall–Kier alpha value is -4.49. The number of hydrogen-bond acceptors (Lipinski definition) is 6. The van der Waals surface area contributed by atoms with Crippen LogP contribution in [-0.2, 0) is 12.8 Å². The third-order valence-electron chi connectivity index (χ3n) is 6.53. The number of carboxylic acids is 1. The van der Waals surface area contributed by atoms with Gasteiger partial charge in [-0.25, -0.2) is 9.78 Å². The van der Waals surface area contributed by atoms with Gasteiger partial charge in [0.05, 0.1) is 39.3 Å². The first-order chi connectivity index (χ1) is 21.5. The molecule has 1 heterocycles. The summed E-state index contributed by atoms with van der Waals surface area (Å²) in [6, 6.07) is 19.0. The number of fused-ring (bicyclic) bond motifs is 1. The predicted molar refractivity (Wildman–Crippen MR) is 170 cm³/mol. The third kappa shape index (κ3) is 6.94. The van der Waals surface area contributed by atoms with Gasteiger partial charge in [-0.3, -0.25) is 4.79 Å². The molecule has 1 aromatic heterocycles. The first kappa shape index (κ1) is 31.9. The van der Waals surface area contributed by atoms with Crippen molar-refractivity contribution in [2.75, 3.05) is 6.61 Å². The van der Waals surface area contributed by atoms with Gasteiger partial charge in [-0.15, -0.1) is 0 Å². The molecule has 0 aliphatic rings. The second-order valence-corrected chi connectivity index (χ2v) is 11.1. The summed E-state index contributed by atoms with van der Waals surface area (Å²) in [4.78, 5) is 29.4. The molecule has 230 valence electrons. The average Bonchev–Trinajstić information content (AvgIpc) is 3.02. The summed E-state index contributed by atoms with van der Waals surface area (Å²) in [6.07, 6.45) is -3.25. The van der Waals surface area contributed by atoms with Crippen LogP contribution in [0.3, 0.4) is 0 Å². The number of carboxylic acid groups (broad SMARTS) is 1. The van der Waals surface area contributed by atoms with E-state index in [0.29, 0.717) is 37.1 Å². The molecule has 0 fully saturated rings. The number of aromatic carboxylic acids is 1. The molecule has 4 aromatic carbocycles. The van der Waals surface area contributed by atoms with Gasteiger partial charge >= 0.3 is 12.1 Å². The zero-order valence-electron chi connectivity index (χ0n) is 23.3. The van der Waals surface area contributed by atoms with Gasteiger partial charge in [0.25, 0.3) is 5.56 Å². The van der Waals surface area contributed by atoms with Gasteiger partial charge < -0.3 is 14.6 Å². The van der Waals surface area contributed by atoms with Gasteiger partial charge in [0.15, 0.2) is 17.3 Å². The minimum absolute atomic E-state index is 0.0399. The molecule has 0 atom stereocenters. The summed E-state index contributed by atoms with van der Waals surface area (Å²) >= 11 is 7.04. The van der Waals surface area contributed by atoms with Gasteiger partial charge in [-0.1, -0.05) is 36.4 Å². The van der Waals surface area contributed by atoms with Gasteiger partial charge in [0.1, 0.15) is 6.61 Å². The molecule has 5 aromatic rings. The normalized spacial score (nSPS) is 11.7. The average molecular weight is 745 g/mol. The number of hydrogen-bond donors (Lipinski definition) is 1. The maximum Gasteiger partial charge on any atom is 0.416 e. The topological polar surface area (TPSA) is 103 Å². The van der Waals surface area contributed by atoms with Crippen LogP contribution in [0.1, 0.15) is 34.0 Å². The molecule has 0 amide bonds. The maximum atomic E-state index is 13.6. The Morgan fingerprint density at radius 2 is 1.76 bits per heavy atom. The number of rotatable bonds is 9. The second-order valence-electron chi connectivity index (χ2n) is 9.54. The van der Waals surface area contributed by atoms with Crippen molar-refractivity contribution in [3.63, 3.8) is 0 Å². The minimum Gasteiger partial charge on any atom is -0.490 e. The van der Waals surface area contributed by atoms with Crippen molar-refractivity contribution < 1.29 is 32.5 Å². The van der Waals surface area contributed by atoms with Crippen LogP contribution in [0, 0.1) is 0 Å². The molecular formula is C32H22Br2F3N3O5. The Morgan fingerprint density at radius 3 is 2.49 bits per heavy atom. The monoisotopic (exact) mass is 743 g/mol. The highest BCUT2D eigenvalue weighted by Gasteiger charge is 2.31. The van der Waals surface area contributed by atoms with Crippen molar-refractivity contribution in [1.29, 1.82) is 0 Å². The van der Waals surface area contributed by atoms with Crippen molar-refractivity contribution in [3.05, 3.63) is 120 Å². The van der Waals surface area contributed by atoms with E-state index in [1.807, 2.05) is 0 Å². The zero-order chi connectivity index (χ0) is 32.3. The summed E-state index contributed by atoms with van der Waals surface area (Å²) in [5, 5.41) is 13.9. The molecule has 5 rings (SSSR count). The molecule has 0 bridgehead atoms. The van der Waals surface area contributed by atoms with Crippen molar-refractivity contribution in [3.8, 4) is 22.9 Å². The summed E-state index contributed by atoms with van der Waals surface area (Å²) < 4.78 is 54.3. The standard InChI is InChI=1S/C32H22Br2F3N3O5/c1-2-44-25-15-21(26(33)27(34)28(25)45-17-18-7-5-9-20(13-18)31(42)43)16-38-40-29(19-8-6-10-22(14-19)32(35,36)37)39-24-12-4-3-11-23(24)30(40)41/h3-16H,2,17H2,1H3,(H,42,43). The highest BCUT2D eigenvalue weighted by molar-refractivity contribution is 9.13. The third-order valence-corrected chi connectivity index (χ3v) is 8.67. The smallest absolute Gasteiger partial charge is 0.416 e. The Balaban J connectivity index is 1.58. The molecule has 0 saturated heterocycles. The van der Waals surface area contributed by atoms with Crippen LogP contribution < -0.4 is 15.0 Å². The van der Waals surface area contributed by atoms with Gasteiger partial charge in [0.2, 0.25) is 0 Å². The van der Waals surface area contributed by atoms with E-state index in [4.69, 9.17) is 9.47 Å². The summed E-state index contributed by atoms with van der Waals surface area (Å²) in [5.41, 5.74) is 0.0761. The molecule has 13 heteroatoms. The van der Waals surface area contributed by atoms with Crippen molar-refractivity contribution >= 4 is 54.9 Å². The van der Waals surface area contributed by atoms with E-state index in [-0.39, 0.29) is 35.6 Å². The number of aromatic nitrogens is 2. The highest BCUT2D eigenvalue weighted by Crippen LogP contribution is 2.43. The predicted octanol–water partition coefficient (Wildman–Crippen LogP) is 8.17. The summed E-state index contributed by atoms with van der Waals surface area (Å²) in [5.74, 6) is -0.484. The van der Waals surface area contributed by atoms with Gasteiger partial charge in [-0.2, -0.15) is 22.9 Å². The zero-order valence-corrected chi connectivity index (χ0v) is 26.5. The van der Waals surface area contributed by atoms with E-state index in [0.717, 1.165) is 16.8 Å². The first-order valence-corrected chi connectivity index (χ1v) is 14.9. The lowest BCUT2D eigenvalue weighted by Crippen LogP contribution is -2.20. The number of ether oxygens (including phenoxy) is 2. The Bertz CT molecular complexity index is 2010. The molecule has 1 N–H and O–H groups in total. The number of nitrogens with zero attached hydrogens (tertiary/aromatic N) is 3. The van der Waals surface area contributed by atoms with E-state index in [1.165, 1.54) is 30.5 Å². The molecule has 0 aliphatic carbocycles. The van der Waals surface area contributed by atoms with Crippen LogP contribution in [-0.4, -0.2) is 33.6 Å². The first-order valence-electron chi connectivity index (χ1n) is 13.3. The number of alkyl halides is 3. The summed E-state index contributed by atoms with van der Waals surface area (Å²) in [7, 11) is 0. The Morgan fingerprint density at radius 1 is 1.00 bits per heavy atom. The van der Waals surface area contributed by atoms with Crippen LogP contribution >= 0.6 is 31.9 Å². The van der Waals surface area contributed by atoms with Crippen LogP contribution in [0.4, 0.5) is 13.2 Å². The lowest BCUT2D eigenvalue weighted by atomic mass is 10.1. The molecular weight excluding hydrogens is 723 g/mol. The van der Waals surface area contributed by atoms with Crippen molar-refractivity contribution in [2.45, 2.75) is 19.7 Å². The fourth-order valence-electron chi connectivity index (χ4n) is 4.42. The van der Waals surface area contributed by atoms with Gasteiger partial charge in [-0.05, 0) is 86.8 Å². The fourth-order valence-corrected chi connectivity index (χ4v) is 5.35. The number of benzene rings is 4. The van der Waals surface area contributed by atoms with Crippen LogP contribution in [0.25, 0.3) is 22.3 Å². The molecule has 0 aliphatic heterocycles. The van der Waals surface area contributed by atoms with E-state index in [1.54, 1.807) is 49.4 Å². The van der Waals surface area contributed by atoms with Crippen LogP contribution in [0.15, 0.2) is 97.7 Å². The Kier molecular flexibility index (Phi) is 9.40. The Labute approximate surface area is 271 Å². The molecule has 0 spiro atoms. The van der Waals surface area contributed by atoms with Gasteiger partial charge in [0, 0.05) is 15.6 Å². The lowest BCUT2D eigenvalue weighted by molar-refractivity contribution is -0.137. The van der Waals surface area contributed by atoms with Crippen LogP contribution in [0.5, 0.6) is 11.5 Å². The second kappa shape index (κ2) is 13.2. The van der Waals surface area contributed by atoms with E-state index < -0.39 is 23.3 Å². The molecule has 8 nitrogen and oxygen atoms in total. The quantitative estimate of drug-likeness (QED) is 0.153. The number of para-hydroxylation sites is 1. The van der Waals surface area contributed by atoms with Crippen molar-refractivity contribution in [1.82, 2.24) is 9.66 Å². The SMILES string of the molecule is CCOc1cc(C=Nn2c(-c3cccc(C(F)(F)F)c3)nc3ccccc3c2=O)c(Br)c(Br)c1OCc1cccc(C(=O)O)c1.